The van der Waals surface area contributed by atoms with Crippen molar-refractivity contribution in [2.45, 2.75) is 44.2 Å². The van der Waals surface area contributed by atoms with Gasteiger partial charge in [-0.1, -0.05) is 54.6 Å². The Morgan fingerprint density at radius 2 is 1.52 bits per heavy atom. The maximum absolute atomic E-state index is 3.94. The van der Waals surface area contributed by atoms with E-state index in [1.807, 2.05) is 0 Å². The van der Waals surface area contributed by atoms with Crippen molar-refractivity contribution < 1.29 is 0 Å². The molecule has 1 heteroatoms. The summed E-state index contributed by atoms with van der Waals surface area (Å²) >= 11 is 0. The standard InChI is InChI=1S/C20H23N/c1-2-6-15(7-3-1)12-20-18-10-11-19(21-20)14-17-9-5-4-8-16(17)13-18/h1-9,18-21H,10-14H2/t18-,19+,20-/m1/s1. The molecule has 0 unspecified atom stereocenters. The molecule has 5 rings (SSSR count). The van der Waals surface area contributed by atoms with Crippen LogP contribution in [0.4, 0.5) is 0 Å². The van der Waals surface area contributed by atoms with Crippen LogP contribution in [-0.2, 0) is 19.3 Å². The average molecular weight is 277 g/mol. The lowest BCUT2D eigenvalue weighted by atomic mass is 9.75. The molecule has 1 aliphatic carbocycles. The Bertz CT molecular complexity index is 604. The molecule has 2 bridgehead atoms. The van der Waals surface area contributed by atoms with Gasteiger partial charge in [-0.05, 0) is 54.7 Å². The van der Waals surface area contributed by atoms with E-state index in [0.29, 0.717) is 12.1 Å². The summed E-state index contributed by atoms with van der Waals surface area (Å²) in [5.41, 5.74) is 4.62. The second-order valence-corrected chi connectivity index (χ2v) is 6.67. The quantitative estimate of drug-likeness (QED) is 0.881. The Balaban J connectivity index is 1.59. The monoisotopic (exact) mass is 277 g/mol. The Hall–Kier alpha value is -1.60. The first-order valence-electron chi connectivity index (χ1n) is 8.25. The molecule has 0 saturated carbocycles. The molecule has 1 saturated heterocycles. The van der Waals surface area contributed by atoms with E-state index < -0.39 is 0 Å². The molecule has 0 spiro atoms. The Morgan fingerprint density at radius 3 is 2.33 bits per heavy atom. The first kappa shape index (κ1) is 13.1. The summed E-state index contributed by atoms with van der Waals surface area (Å²) in [7, 11) is 0. The van der Waals surface area contributed by atoms with Crippen molar-refractivity contribution in [3.8, 4) is 0 Å². The maximum atomic E-state index is 3.94. The van der Waals surface area contributed by atoms with Crippen LogP contribution in [0.15, 0.2) is 54.6 Å². The van der Waals surface area contributed by atoms with Crippen molar-refractivity contribution in [1.29, 1.82) is 0 Å². The van der Waals surface area contributed by atoms with Crippen LogP contribution >= 0.6 is 0 Å². The van der Waals surface area contributed by atoms with Crippen molar-refractivity contribution in [3.63, 3.8) is 0 Å². The molecular weight excluding hydrogens is 254 g/mol. The van der Waals surface area contributed by atoms with Crippen molar-refractivity contribution in [2.24, 2.45) is 5.92 Å². The molecule has 21 heavy (non-hydrogen) atoms. The minimum absolute atomic E-state index is 0.638. The van der Waals surface area contributed by atoms with Gasteiger partial charge < -0.3 is 5.32 Å². The predicted molar refractivity (Wildman–Crippen MR) is 87.4 cm³/mol. The zero-order valence-electron chi connectivity index (χ0n) is 12.5. The summed E-state index contributed by atoms with van der Waals surface area (Å²) in [5.74, 6) is 0.780. The lowest BCUT2D eigenvalue weighted by molar-refractivity contribution is 0.217. The van der Waals surface area contributed by atoms with Gasteiger partial charge in [0.1, 0.15) is 0 Å². The topological polar surface area (TPSA) is 12.0 Å². The van der Waals surface area contributed by atoms with Gasteiger partial charge in [-0.2, -0.15) is 0 Å². The third-order valence-electron chi connectivity index (χ3n) is 5.27. The van der Waals surface area contributed by atoms with E-state index >= 15 is 0 Å². The van der Waals surface area contributed by atoms with E-state index in [-0.39, 0.29) is 0 Å². The van der Waals surface area contributed by atoms with Crippen LogP contribution in [-0.4, -0.2) is 12.1 Å². The van der Waals surface area contributed by atoms with Crippen molar-refractivity contribution in [2.75, 3.05) is 0 Å². The van der Waals surface area contributed by atoms with E-state index in [1.54, 1.807) is 11.1 Å². The highest BCUT2D eigenvalue weighted by molar-refractivity contribution is 5.30. The van der Waals surface area contributed by atoms with E-state index in [0.717, 1.165) is 5.92 Å². The van der Waals surface area contributed by atoms with Crippen LogP contribution in [0.3, 0.4) is 0 Å². The number of hydrogen-bond donors (Lipinski definition) is 1. The van der Waals surface area contributed by atoms with Gasteiger partial charge in [0.05, 0.1) is 0 Å². The molecule has 2 aromatic carbocycles. The maximum Gasteiger partial charge on any atom is 0.0142 e. The van der Waals surface area contributed by atoms with Crippen LogP contribution in [0.25, 0.3) is 0 Å². The van der Waals surface area contributed by atoms with Crippen LogP contribution in [0.1, 0.15) is 29.5 Å². The summed E-state index contributed by atoms with van der Waals surface area (Å²) in [4.78, 5) is 0. The highest BCUT2D eigenvalue weighted by atomic mass is 15.0. The van der Waals surface area contributed by atoms with E-state index in [9.17, 15) is 0 Å². The summed E-state index contributed by atoms with van der Waals surface area (Å²) in [5, 5.41) is 3.94. The fourth-order valence-corrected chi connectivity index (χ4v) is 4.14. The predicted octanol–water partition coefficient (Wildman–Crippen LogP) is 3.76. The number of rotatable bonds is 2. The number of benzene rings is 2. The molecule has 3 aliphatic rings. The number of hydrogen-bond acceptors (Lipinski definition) is 1. The van der Waals surface area contributed by atoms with Gasteiger partial charge in [0.15, 0.2) is 0 Å². The lowest BCUT2D eigenvalue weighted by Crippen LogP contribution is -2.51. The third kappa shape index (κ3) is 2.75. The molecule has 1 N–H and O–H groups in total. The molecule has 108 valence electrons. The number of nitrogens with one attached hydrogen (secondary N) is 1. The first-order valence-corrected chi connectivity index (χ1v) is 8.25. The van der Waals surface area contributed by atoms with Gasteiger partial charge in [0, 0.05) is 12.1 Å². The summed E-state index contributed by atoms with van der Waals surface area (Å²) < 4.78 is 0. The molecule has 2 aromatic rings. The summed E-state index contributed by atoms with van der Waals surface area (Å²) in [6.07, 6.45) is 6.33. The fourth-order valence-electron chi connectivity index (χ4n) is 4.14. The molecule has 0 radical (unpaired) electrons. The van der Waals surface area contributed by atoms with Gasteiger partial charge in [0.25, 0.3) is 0 Å². The van der Waals surface area contributed by atoms with E-state index in [2.05, 4.69) is 59.9 Å². The van der Waals surface area contributed by atoms with Crippen molar-refractivity contribution in [3.05, 3.63) is 71.3 Å². The first-order chi connectivity index (χ1) is 10.4. The fraction of sp³-hybridized carbons (Fsp3) is 0.400. The smallest absolute Gasteiger partial charge is 0.0142 e. The SMILES string of the molecule is c1ccc(C[C@H]2N[C@H]3CC[C@@H]2Cc2ccccc2C3)cc1. The van der Waals surface area contributed by atoms with E-state index in [4.69, 9.17) is 0 Å². The highest BCUT2D eigenvalue weighted by Gasteiger charge is 2.32. The van der Waals surface area contributed by atoms with Gasteiger partial charge in [-0.3, -0.25) is 0 Å². The molecule has 0 aromatic heterocycles. The minimum Gasteiger partial charge on any atom is -0.310 e. The largest absolute Gasteiger partial charge is 0.310 e. The van der Waals surface area contributed by atoms with Gasteiger partial charge >= 0.3 is 0 Å². The summed E-state index contributed by atoms with van der Waals surface area (Å²) in [6, 6.07) is 21.3. The normalized spacial score (nSPS) is 27.7. The molecule has 3 atom stereocenters. The van der Waals surface area contributed by atoms with Crippen LogP contribution < -0.4 is 5.32 Å². The second-order valence-electron chi connectivity index (χ2n) is 6.67. The van der Waals surface area contributed by atoms with Crippen LogP contribution in [0, 0.1) is 5.92 Å². The average Bonchev–Trinajstić information content (AvgIpc) is 2.49. The Kier molecular flexibility index (Phi) is 3.52. The van der Waals surface area contributed by atoms with Crippen molar-refractivity contribution in [1.82, 2.24) is 5.32 Å². The molecule has 2 aliphatic heterocycles. The summed E-state index contributed by atoms with van der Waals surface area (Å²) in [6.45, 7) is 0. The zero-order chi connectivity index (χ0) is 14.1. The zero-order valence-corrected chi connectivity index (χ0v) is 12.5. The second kappa shape index (κ2) is 5.65. The Labute approximate surface area is 127 Å². The van der Waals surface area contributed by atoms with Gasteiger partial charge in [-0.25, -0.2) is 0 Å². The molecule has 2 heterocycles. The van der Waals surface area contributed by atoms with Gasteiger partial charge in [0.2, 0.25) is 0 Å². The third-order valence-corrected chi connectivity index (χ3v) is 5.27. The lowest BCUT2D eigenvalue weighted by Gasteiger charge is -2.41. The molecular formula is C20H23N. The highest BCUT2D eigenvalue weighted by Crippen LogP contribution is 2.32. The van der Waals surface area contributed by atoms with Crippen LogP contribution in [0.2, 0.25) is 0 Å². The molecule has 1 fully saturated rings. The van der Waals surface area contributed by atoms with E-state index in [1.165, 1.54) is 37.7 Å². The minimum atomic E-state index is 0.638. The Morgan fingerprint density at radius 1 is 0.810 bits per heavy atom. The number of piperidine rings is 1. The van der Waals surface area contributed by atoms with Gasteiger partial charge in [-0.15, -0.1) is 0 Å². The van der Waals surface area contributed by atoms with Crippen LogP contribution in [0.5, 0.6) is 0 Å². The van der Waals surface area contributed by atoms with Crippen molar-refractivity contribution >= 4 is 0 Å². The number of fused-ring (bicyclic) bond motifs is 2. The molecule has 0 amide bonds. The molecule has 1 nitrogen and oxygen atoms in total.